The van der Waals surface area contributed by atoms with Gasteiger partial charge in [0.2, 0.25) is 17.1 Å². The molecule has 0 radical (unpaired) electrons. The van der Waals surface area contributed by atoms with Gasteiger partial charge in [-0.2, -0.15) is 21.4 Å². The molecule has 0 saturated carbocycles. The van der Waals surface area contributed by atoms with Crippen LogP contribution >= 0.6 is 23.1 Å². The number of nitrogens with zero attached hydrogens (tertiary/aromatic N) is 2. The Labute approximate surface area is 224 Å². The molecule has 3 N–H and O–H groups in total. The Kier molecular flexibility index (Phi) is 6.53. The third kappa shape index (κ3) is 5.03. The molecule has 5 rings (SSSR count). The minimum atomic E-state index is -4.48. The summed E-state index contributed by atoms with van der Waals surface area (Å²) in [5, 5.41) is 11.3. The molecular weight excluding hydrogens is 577 g/mol. The van der Waals surface area contributed by atoms with Gasteiger partial charge in [0, 0.05) is 17.0 Å². The zero-order valence-electron chi connectivity index (χ0n) is 19.0. The lowest BCUT2D eigenvalue weighted by molar-refractivity contribution is -0.649. The van der Waals surface area contributed by atoms with Crippen LogP contribution in [-0.4, -0.2) is 48.5 Å². The molecule has 0 saturated heterocycles. The number of allylic oxidation sites excluding steroid dienone is 3. The summed E-state index contributed by atoms with van der Waals surface area (Å²) in [5.74, 6) is -4.41. The molecular formula is C23H17N2O9S4+. The van der Waals surface area contributed by atoms with E-state index in [1.807, 2.05) is 0 Å². The van der Waals surface area contributed by atoms with Gasteiger partial charge in [-0.1, -0.05) is 47.4 Å². The lowest BCUT2D eigenvalue weighted by Gasteiger charge is -2.18. The molecule has 2 aliphatic rings. The Morgan fingerprint density at radius 1 is 0.895 bits per heavy atom. The number of hydrogen-bond donors (Lipinski definition) is 3. The van der Waals surface area contributed by atoms with Gasteiger partial charge in [-0.15, -0.1) is 0 Å². The number of carbonyl (C=O) groups is 2. The van der Waals surface area contributed by atoms with Crippen LogP contribution in [0.15, 0.2) is 81.4 Å². The molecule has 38 heavy (non-hydrogen) atoms. The summed E-state index contributed by atoms with van der Waals surface area (Å²) in [5.41, 5.74) is 0.120. The lowest BCUT2D eigenvalue weighted by atomic mass is 10.2. The molecule has 1 aliphatic carbocycles. The van der Waals surface area contributed by atoms with Crippen molar-refractivity contribution in [1.29, 1.82) is 0 Å². The average molecular weight is 594 g/mol. The number of Topliss-reactive ketones (excluding diaryl/α,β-unsaturated/α-hetero) is 2. The molecule has 0 unspecified atom stereocenters. The van der Waals surface area contributed by atoms with Crippen LogP contribution in [0.5, 0.6) is 0 Å². The third-order valence-corrected chi connectivity index (χ3v) is 8.99. The predicted octanol–water partition coefficient (Wildman–Crippen LogP) is 2.68. The van der Waals surface area contributed by atoms with Crippen LogP contribution in [0.4, 0.5) is 5.69 Å². The van der Waals surface area contributed by atoms with Crippen LogP contribution in [0.1, 0.15) is 5.01 Å². The van der Waals surface area contributed by atoms with Gasteiger partial charge in [-0.05, 0) is 24.3 Å². The van der Waals surface area contributed by atoms with Gasteiger partial charge in [-0.25, -0.2) is 0 Å². The van der Waals surface area contributed by atoms with E-state index in [-0.39, 0.29) is 21.2 Å². The number of thioether (sulfide) groups is 1. The van der Waals surface area contributed by atoms with E-state index in [0.29, 0.717) is 20.8 Å². The van der Waals surface area contributed by atoms with Crippen LogP contribution in [0.3, 0.4) is 0 Å². The number of rotatable bonds is 6. The highest BCUT2D eigenvalue weighted by Gasteiger charge is 2.39. The van der Waals surface area contributed by atoms with Crippen LogP contribution in [-0.2, 0) is 35.7 Å². The topological polar surface area (TPSA) is 170 Å². The second-order valence-corrected chi connectivity index (χ2v) is 13.2. The van der Waals surface area contributed by atoms with Crippen molar-refractivity contribution >= 4 is 76.9 Å². The van der Waals surface area contributed by atoms with E-state index in [1.165, 1.54) is 21.6 Å². The Morgan fingerprint density at radius 3 is 2.29 bits per heavy atom. The number of para-hydroxylation sites is 2. The van der Waals surface area contributed by atoms with E-state index >= 15 is 0 Å². The normalized spacial score (nSPS) is 18.4. The number of aliphatic hydroxyl groups is 1. The zero-order valence-corrected chi connectivity index (χ0v) is 22.3. The first-order valence-corrected chi connectivity index (χ1v) is 15.5. The van der Waals surface area contributed by atoms with Crippen molar-refractivity contribution in [3.05, 3.63) is 81.5 Å². The first-order valence-electron chi connectivity index (χ1n) is 10.6. The van der Waals surface area contributed by atoms with Crippen molar-refractivity contribution < 1.29 is 45.2 Å². The smallest absolute Gasteiger partial charge is 0.326 e. The number of ketones is 2. The van der Waals surface area contributed by atoms with Crippen molar-refractivity contribution in [2.75, 3.05) is 10.8 Å². The number of thiazole rings is 1. The number of aliphatic hydroxyl groups excluding tert-OH is 1. The van der Waals surface area contributed by atoms with Crippen molar-refractivity contribution in [3.63, 3.8) is 0 Å². The molecule has 2 aromatic carbocycles. The van der Waals surface area contributed by atoms with Gasteiger partial charge in [-0.3, -0.25) is 18.7 Å². The summed E-state index contributed by atoms with van der Waals surface area (Å²) < 4.78 is 67.3. The fourth-order valence-corrected chi connectivity index (χ4v) is 7.61. The van der Waals surface area contributed by atoms with E-state index in [9.17, 15) is 40.6 Å². The SMILES string of the molecule is O=C1C(=O)C(C=C2Sc3ccccc3N2CS(=O)(=O)O)=C(O)C1=Cc1sc2ccccc2[n+]1CS(=O)(=O)O. The molecule has 0 bridgehead atoms. The highest BCUT2D eigenvalue weighted by atomic mass is 32.2. The van der Waals surface area contributed by atoms with Crippen LogP contribution < -0.4 is 9.47 Å². The maximum Gasteiger partial charge on any atom is 0.326 e. The van der Waals surface area contributed by atoms with E-state index in [2.05, 4.69) is 0 Å². The van der Waals surface area contributed by atoms with Gasteiger partial charge in [0.15, 0.2) is 5.88 Å². The molecule has 0 amide bonds. The number of benzene rings is 2. The quantitative estimate of drug-likeness (QED) is 0.166. The summed E-state index contributed by atoms with van der Waals surface area (Å²) >= 11 is 2.16. The van der Waals surface area contributed by atoms with Gasteiger partial charge < -0.3 is 10.0 Å². The zero-order chi connectivity index (χ0) is 27.4. The molecule has 11 nitrogen and oxygen atoms in total. The maximum absolute atomic E-state index is 12.9. The van der Waals surface area contributed by atoms with Crippen molar-refractivity contribution in [2.45, 2.75) is 10.8 Å². The van der Waals surface area contributed by atoms with Crippen LogP contribution in [0.2, 0.25) is 0 Å². The highest BCUT2D eigenvalue weighted by molar-refractivity contribution is 8.03. The largest absolute Gasteiger partial charge is 0.506 e. The molecule has 0 spiro atoms. The summed E-state index contributed by atoms with van der Waals surface area (Å²) in [6.07, 6.45) is 2.34. The van der Waals surface area contributed by atoms with Gasteiger partial charge in [0.1, 0.15) is 10.5 Å². The first-order chi connectivity index (χ1) is 17.8. The van der Waals surface area contributed by atoms with Crippen molar-refractivity contribution in [3.8, 4) is 0 Å². The average Bonchev–Trinajstić information content (AvgIpc) is 3.41. The number of anilines is 1. The summed E-state index contributed by atoms with van der Waals surface area (Å²) in [6, 6.07) is 13.4. The fraction of sp³-hybridized carbons (Fsp3) is 0.0870. The molecule has 1 aromatic heterocycles. The second kappa shape index (κ2) is 9.44. The van der Waals surface area contributed by atoms with E-state index in [1.54, 1.807) is 48.5 Å². The number of carbonyl (C=O) groups excluding carboxylic acids is 2. The van der Waals surface area contributed by atoms with Crippen molar-refractivity contribution in [2.24, 2.45) is 0 Å². The molecule has 2 heterocycles. The molecule has 196 valence electrons. The third-order valence-electron chi connectivity index (χ3n) is 5.60. The van der Waals surface area contributed by atoms with Gasteiger partial charge in [0.25, 0.3) is 21.0 Å². The lowest BCUT2D eigenvalue weighted by Crippen LogP contribution is -2.39. The van der Waals surface area contributed by atoms with Crippen molar-refractivity contribution in [1.82, 2.24) is 0 Å². The molecule has 15 heteroatoms. The van der Waals surface area contributed by atoms with Crippen LogP contribution in [0, 0.1) is 0 Å². The highest BCUT2D eigenvalue weighted by Crippen LogP contribution is 2.47. The Morgan fingerprint density at radius 2 is 1.58 bits per heavy atom. The molecule has 0 atom stereocenters. The van der Waals surface area contributed by atoms with Gasteiger partial charge >= 0.3 is 10.1 Å². The van der Waals surface area contributed by atoms with E-state index < -0.39 is 49.3 Å². The van der Waals surface area contributed by atoms with E-state index in [4.69, 9.17) is 0 Å². The summed E-state index contributed by atoms with van der Waals surface area (Å²) in [6.45, 7) is 0. The van der Waals surface area contributed by atoms with Gasteiger partial charge in [0.05, 0.1) is 21.9 Å². The number of aromatic nitrogens is 1. The minimum absolute atomic E-state index is 0.177. The van der Waals surface area contributed by atoms with Crippen LogP contribution in [0.25, 0.3) is 16.3 Å². The second-order valence-electron chi connectivity index (χ2n) is 8.22. The number of hydrogen-bond acceptors (Lipinski definition) is 10. The molecule has 3 aromatic rings. The number of fused-ring (bicyclic) bond motifs is 2. The summed E-state index contributed by atoms with van der Waals surface area (Å²) in [4.78, 5) is 27.6. The predicted molar refractivity (Wildman–Crippen MR) is 140 cm³/mol. The Hall–Kier alpha value is -3.34. The molecule has 0 fully saturated rings. The van der Waals surface area contributed by atoms with E-state index in [0.717, 1.165) is 23.1 Å². The Balaban J connectivity index is 1.62. The monoisotopic (exact) mass is 593 g/mol. The standard InChI is InChI=1S/C23H16N2O9S4/c26-21-13(9-19-24(11-37(29,30)31)15-5-1-3-7-17(15)35-19)22(27)23(28)14(21)10-20-25(12-38(32,33)34)16-6-2-4-8-18(16)36-20/h1-10H,11-12H2,(H2-,26,27,28,29,30,31,32,33,34)/p+1. The minimum Gasteiger partial charge on any atom is -0.506 e. The Bertz CT molecular complexity index is 1850. The summed E-state index contributed by atoms with van der Waals surface area (Å²) in [7, 11) is -8.96. The molecule has 1 aliphatic heterocycles. The fourth-order valence-electron chi connectivity index (χ4n) is 4.03. The first kappa shape index (κ1) is 26.3. The maximum atomic E-state index is 12.9.